The smallest absolute Gasteiger partial charge is 0.261 e. The lowest BCUT2D eigenvalue weighted by atomic mass is 10.1. The minimum atomic E-state index is -0.396. The number of hydrogen-bond donors (Lipinski definition) is 0. The second-order valence-electron chi connectivity index (χ2n) is 6.08. The van der Waals surface area contributed by atoms with E-state index in [1.165, 1.54) is 17.0 Å². The van der Waals surface area contributed by atoms with E-state index in [1.54, 1.807) is 37.4 Å². The summed E-state index contributed by atoms with van der Waals surface area (Å²) in [5.74, 6) is -1.38. The molecule has 0 radical (unpaired) electrons. The lowest BCUT2D eigenvalue weighted by Crippen LogP contribution is -2.35. The van der Waals surface area contributed by atoms with Crippen LogP contribution in [0.4, 0.5) is 4.39 Å². The van der Waals surface area contributed by atoms with Gasteiger partial charge in [-0.3, -0.25) is 19.3 Å². The Morgan fingerprint density at radius 3 is 2.58 bits per heavy atom. The van der Waals surface area contributed by atoms with Crippen LogP contribution < -0.4 is 0 Å². The van der Waals surface area contributed by atoms with Crippen molar-refractivity contribution in [3.63, 3.8) is 0 Å². The summed E-state index contributed by atoms with van der Waals surface area (Å²) in [5, 5.41) is 0. The summed E-state index contributed by atoms with van der Waals surface area (Å²) < 4.78 is 13.9. The third-order valence-electron chi connectivity index (χ3n) is 4.22. The van der Waals surface area contributed by atoms with E-state index in [2.05, 4.69) is 15.9 Å². The molecule has 0 unspecified atom stereocenters. The molecular weight excluding hydrogens is 403 g/mol. The van der Waals surface area contributed by atoms with Crippen LogP contribution in [0.5, 0.6) is 0 Å². The molecule has 0 aliphatic carbocycles. The van der Waals surface area contributed by atoms with Gasteiger partial charge in [-0.05, 0) is 35.9 Å². The lowest BCUT2D eigenvalue weighted by molar-refractivity contribution is -0.130. The quantitative estimate of drug-likeness (QED) is 0.700. The van der Waals surface area contributed by atoms with Gasteiger partial charge >= 0.3 is 0 Å². The van der Waals surface area contributed by atoms with Crippen LogP contribution in [-0.2, 0) is 11.3 Å². The standard InChI is InChI=1S/C19H16BrFN2O3/c1-22(11-12-3-2-4-14(21)9-12)17(24)7-8-23-18(25)15-6-5-13(20)10-16(15)19(23)26/h2-6,9-10H,7-8,11H2,1H3. The van der Waals surface area contributed by atoms with E-state index in [9.17, 15) is 18.8 Å². The molecule has 3 rings (SSSR count). The highest BCUT2D eigenvalue weighted by molar-refractivity contribution is 9.10. The summed E-state index contributed by atoms with van der Waals surface area (Å²) in [5.41, 5.74) is 1.36. The van der Waals surface area contributed by atoms with Crippen molar-refractivity contribution in [2.24, 2.45) is 0 Å². The van der Waals surface area contributed by atoms with Gasteiger partial charge in [-0.15, -0.1) is 0 Å². The first-order valence-corrected chi connectivity index (χ1v) is 8.80. The summed E-state index contributed by atoms with van der Waals surface area (Å²) in [7, 11) is 1.60. The highest BCUT2D eigenvalue weighted by atomic mass is 79.9. The average molecular weight is 419 g/mol. The predicted molar refractivity (Wildman–Crippen MR) is 97.0 cm³/mol. The summed E-state index contributed by atoms with van der Waals surface area (Å²) in [6.45, 7) is 0.266. The van der Waals surface area contributed by atoms with Gasteiger partial charge in [-0.25, -0.2) is 4.39 Å². The van der Waals surface area contributed by atoms with Gasteiger partial charge in [-0.2, -0.15) is 0 Å². The summed E-state index contributed by atoms with van der Waals surface area (Å²) >= 11 is 3.28. The monoisotopic (exact) mass is 418 g/mol. The van der Waals surface area contributed by atoms with Crippen LogP contribution in [0.2, 0.25) is 0 Å². The van der Waals surface area contributed by atoms with Crippen LogP contribution in [0.15, 0.2) is 46.9 Å². The van der Waals surface area contributed by atoms with Gasteiger partial charge in [0.25, 0.3) is 11.8 Å². The van der Waals surface area contributed by atoms with Crippen LogP contribution in [-0.4, -0.2) is 41.1 Å². The Morgan fingerprint density at radius 2 is 1.85 bits per heavy atom. The molecule has 7 heteroatoms. The lowest BCUT2D eigenvalue weighted by Gasteiger charge is -2.19. The minimum absolute atomic E-state index is 0.0102. The zero-order chi connectivity index (χ0) is 18.8. The van der Waals surface area contributed by atoms with Crippen molar-refractivity contribution in [3.05, 3.63) is 69.4 Å². The Hall–Kier alpha value is -2.54. The normalized spacial score (nSPS) is 13.1. The van der Waals surface area contributed by atoms with E-state index >= 15 is 0 Å². The van der Waals surface area contributed by atoms with Gasteiger partial charge in [0.1, 0.15) is 5.82 Å². The molecule has 0 saturated carbocycles. The molecular formula is C19H16BrFN2O3. The Bertz CT molecular complexity index is 900. The Labute approximate surface area is 158 Å². The number of nitrogens with zero attached hydrogens (tertiary/aromatic N) is 2. The summed E-state index contributed by atoms with van der Waals surface area (Å²) in [6, 6.07) is 10.9. The fourth-order valence-corrected chi connectivity index (χ4v) is 3.22. The zero-order valence-electron chi connectivity index (χ0n) is 14.0. The SMILES string of the molecule is CN(Cc1cccc(F)c1)C(=O)CCN1C(=O)c2ccc(Br)cc2C1=O. The molecule has 0 atom stereocenters. The van der Waals surface area contributed by atoms with Crippen LogP contribution in [0.1, 0.15) is 32.7 Å². The molecule has 134 valence electrons. The maximum Gasteiger partial charge on any atom is 0.261 e. The Morgan fingerprint density at radius 1 is 1.12 bits per heavy atom. The van der Waals surface area contributed by atoms with Crippen molar-refractivity contribution in [2.45, 2.75) is 13.0 Å². The van der Waals surface area contributed by atoms with Crippen molar-refractivity contribution in [1.29, 1.82) is 0 Å². The molecule has 1 aliphatic heterocycles. The molecule has 1 aliphatic rings. The third-order valence-corrected chi connectivity index (χ3v) is 4.71. The Kier molecular flexibility index (Phi) is 5.18. The molecule has 1 heterocycles. The Balaban J connectivity index is 1.61. The first-order valence-electron chi connectivity index (χ1n) is 8.01. The highest BCUT2D eigenvalue weighted by Gasteiger charge is 2.35. The van der Waals surface area contributed by atoms with E-state index < -0.39 is 11.8 Å². The van der Waals surface area contributed by atoms with Crippen LogP contribution in [0, 0.1) is 5.82 Å². The van der Waals surface area contributed by atoms with Gasteiger partial charge in [0.2, 0.25) is 5.91 Å². The van der Waals surface area contributed by atoms with Crippen molar-refractivity contribution in [3.8, 4) is 0 Å². The molecule has 5 nitrogen and oxygen atoms in total. The number of imide groups is 1. The number of benzene rings is 2. The maximum atomic E-state index is 13.2. The van der Waals surface area contributed by atoms with Gasteiger partial charge < -0.3 is 4.90 Å². The maximum absolute atomic E-state index is 13.2. The van der Waals surface area contributed by atoms with Gasteiger partial charge in [-0.1, -0.05) is 28.1 Å². The molecule has 0 saturated heterocycles. The van der Waals surface area contributed by atoms with Crippen molar-refractivity contribution < 1.29 is 18.8 Å². The fraction of sp³-hybridized carbons (Fsp3) is 0.211. The van der Waals surface area contributed by atoms with Crippen molar-refractivity contribution >= 4 is 33.7 Å². The minimum Gasteiger partial charge on any atom is -0.341 e. The summed E-state index contributed by atoms with van der Waals surface area (Å²) in [4.78, 5) is 39.6. The largest absolute Gasteiger partial charge is 0.341 e. The molecule has 0 spiro atoms. The number of rotatable bonds is 5. The topological polar surface area (TPSA) is 57.7 Å². The van der Waals surface area contributed by atoms with Crippen molar-refractivity contribution in [1.82, 2.24) is 9.80 Å². The van der Waals surface area contributed by atoms with Crippen LogP contribution in [0.3, 0.4) is 0 Å². The molecule has 2 aromatic rings. The third kappa shape index (κ3) is 3.67. The van der Waals surface area contributed by atoms with Gasteiger partial charge in [0, 0.05) is 31.0 Å². The van der Waals surface area contributed by atoms with E-state index in [0.29, 0.717) is 21.2 Å². The summed E-state index contributed by atoms with van der Waals surface area (Å²) in [6.07, 6.45) is 0.0124. The molecule has 26 heavy (non-hydrogen) atoms. The molecule has 3 amide bonds. The first-order chi connectivity index (χ1) is 12.4. The van der Waals surface area contributed by atoms with E-state index in [1.807, 2.05) is 0 Å². The van der Waals surface area contributed by atoms with E-state index in [-0.39, 0.29) is 31.2 Å². The van der Waals surface area contributed by atoms with E-state index in [0.717, 1.165) is 4.90 Å². The molecule has 0 bridgehead atoms. The second kappa shape index (κ2) is 7.37. The van der Waals surface area contributed by atoms with Gasteiger partial charge in [0.15, 0.2) is 0 Å². The molecule has 0 N–H and O–H groups in total. The fourth-order valence-electron chi connectivity index (χ4n) is 2.86. The zero-order valence-corrected chi connectivity index (χ0v) is 15.6. The second-order valence-corrected chi connectivity index (χ2v) is 7.00. The number of carbonyl (C=O) groups is 3. The highest BCUT2D eigenvalue weighted by Crippen LogP contribution is 2.26. The predicted octanol–water partition coefficient (Wildman–Crippen LogP) is 3.23. The molecule has 0 aromatic heterocycles. The number of hydrogen-bond acceptors (Lipinski definition) is 3. The number of fused-ring (bicyclic) bond motifs is 1. The van der Waals surface area contributed by atoms with E-state index in [4.69, 9.17) is 0 Å². The molecule has 2 aromatic carbocycles. The van der Waals surface area contributed by atoms with Crippen molar-refractivity contribution in [2.75, 3.05) is 13.6 Å². The number of carbonyl (C=O) groups excluding carboxylic acids is 3. The van der Waals surface area contributed by atoms with Crippen LogP contribution >= 0.6 is 15.9 Å². The average Bonchev–Trinajstić information content (AvgIpc) is 2.83. The number of amides is 3. The van der Waals surface area contributed by atoms with Gasteiger partial charge in [0.05, 0.1) is 11.1 Å². The van der Waals surface area contributed by atoms with Crippen LogP contribution in [0.25, 0.3) is 0 Å². The molecule has 0 fully saturated rings. The number of halogens is 2. The first kappa shape index (κ1) is 18.3.